The van der Waals surface area contributed by atoms with Gasteiger partial charge in [0, 0.05) is 11.6 Å². The molecule has 1 heterocycles. The molecule has 0 aromatic heterocycles. The zero-order valence-electron chi connectivity index (χ0n) is 13.5. The number of piperidine rings is 1. The number of amides is 1. The van der Waals surface area contributed by atoms with Gasteiger partial charge in [-0.15, -0.1) is 0 Å². The van der Waals surface area contributed by atoms with Crippen molar-refractivity contribution in [1.29, 1.82) is 0 Å². The summed E-state index contributed by atoms with van der Waals surface area (Å²) in [6.45, 7) is 8.63. The number of hydrogen-bond donors (Lipinski definition) is 2. The van der Waals surface area contributed by atoms with Gasteiger partial charge >= 0.3 is 0 Å². The molecule has 1 fully saturated rings. The van der Waals surface area contributed by atoms with Crippen molar-refractivity contribution in [3.05, 3.63) is 35.4 Å². The highest BCUT2D eigenvalue weighted by Gasteiger charge is 2.25. The van der Waals surface area contributed by atoms with Crippen LogP contribution in [0.3, 0.4) is 0 Å². The van der Waals surface area contributed by atoms with Crippen LogP contribution in [-0.2, 0) is 0 Å². The third-order valence-corrected chi connectivity index (χ3v) is 4.31. The second kappa shape index (κ2) is 7.60. The van der Waals surface area contributed by atoms with Crippen molar-refractivity contribution >= 4 is 5.91 Å². The minimum Gasteiger partial charge on any atom is -0.349 e. The lowest BCUT2D eigenvalue weighted by atomic mass is 9.85. The van der Waals surface area contributed by atoms with Crippen molar-refractivity contribution in [1.82, 2.24) is 10.6 Å². The molecule has 1 saturated heterocycles. The van der Waals surface area contributed by atoms with Crippen LogP contribution in [0.15, 0.2) is 24.3 Å². The topological polar surface area (TPSA) is 41.1 Å². The zero-order chi connectivity index (χ0) is 15.2. The molecule has 2 N–H and O–H groups in total. The Morgan fingerprint density at radius 2 is 1.86 bits per heavy atom. The van der Waals surface area contributed by atoms with Crippen molar-refractivity contribution < 1.29 is 4.79 Å². The molecule has 0 unspecified atom stereocenters. The van der Waals surface area contributed by atoms with Crippen LogP contribution in [0, 0.1) is 18.8 Å². The van der Waals surface area contributed by atoms with Crippen LogP contribution < -0.4 is 10.6 Å². The largest absolute Gasteiger partial charge is 0.349 e. The molecule has 116 valence electrons. The molecule has 1 aromatic rings. The number of nitrogens with one attached hydrogen (secondary N) is 2. The van der Waals surface area contributed by atoms with E-state index < -0.39 is 0 Å². The number of hydrogen-bond acceptors (Lipinski definition) is 2. The van der Waals surface area contributed by atoms with Crippen LogP contribution in [0.25, 0.3) is 0 Å². The molecule has 2 rings (SSSR count). The average Bonchev–Trinajstić information content (AvgIpc) is 2.47. The molecular formula is C18H28N2O. The van der Waals surface area contributed by atoms with Gasteiger partial charge in [0.2, 0.25) is 0 Å². The lowest BCUT2D eigenvalue weighted by Gasteiger charge is -2.32. The first kappa shape index (κ1) is 16.0. The molecule has 0 spiro atoms. The predicted octanol–water partition coefficient (Wildman–Crippen LogP) is 3.14. The van der Waals surface area contributed by atoms with E-state index >= 15 is 0 Å². The minimum atomic E-state index is 0.0687. The highest BCUT2D eigenvalue weighted by atomic mass is 16.1. The summed E-state index contributed by atoms with van der Waals surface area (Å²) in [7, 11) is 0. The molecule has 1 amide bonds. The van der Waals surface area contributed by atoms with Gasteiger partial charge in [-0.05, 0) is 63.2 Å². The third-order valence-electron chi connectivity index (χ3n) is 4.31. The van der Waals surface area contributed by atoms with Crippen LogP contribution in [-0.4, -0.2) is 25.0 Å². The second-order valence-electron chi connectivity index (χ2n) is 6.66. The van der Waals surface area contributed by atoms with Gasteiger partial charge in [-0.2, -0.15) is 0 Å². The van der Waals surface area contributed by atoms with Crippen molar-refractivity contribution in [2.75, 3.05) is 13.1 Å². The molecule has 3 nitrogen and oxygen atoms in total. The van der Waals surface area contributed by atoms with E-state index in [1.807, 2.05) is 31.2 Å². The standard InChI is InChI=1S/C18H28N2O/c1-13(2)12-17(15-8-10-19-11-9-15)20-18(21)16-6-4-14(3)5-7-16/h4-7,13,15,17,19H,8-12H2,1-3H3,(H,20,21)/t17-/m1/s1. The van der Waals surface area contributed by atoms with E-state index in [1.165, 1.54) is 5.56 Å². The van der Waals surface area contributed by atoms with E-state index in [0.29, 0.717) is 17.9 Å². The Balaban J connectivity index is 2.02. The molecule has 1 aromatic carbocycles. The number of aryl methyl sites for hydroxylation is 1. The Bertz CT molecular complexity index is 447. The quantitative estimate of drug-likeness (QED) is 0.874. The van der Waals surface area contributed by atoms with Crippen LogP contribution in [0.4, 0.5) is 0 Å². The zero-order valence-corrected chi connectivity index (χ0v) is 13.5. The summed E-state index contributed by atoms with van der Waals surface area (Å²) in [5.74, 6) is 1.27. The summed E-state index contributed by atoms with van der Waals surface area (Å²) < 4.78 is 0. The monoisotopic (exact) mass is 288 g/mol. The van der Waals surface area contributed by atoms with Crippen molar-refractivity contribution in [2.45, 2.75) is 46.1 Å². The fourth-order valence-corrected chi connectivity index (χ4v) is 3.08. The number of benzene rings is 1. The minimum absolute atomic E-state index is 0.0687. The van der Waals surface area contributed by atoms with Crippen molar-refractivity contribution in [3.8, 4) is 0 Å². The Kier molecular flexibility index (Phi) is 5.80. The first-order valence-corrected chi connectivity index (χ1v) is 8.14. The van der Waals surface area contributed by atoms with Gasteiger partial charge < -0.3 is 10.6 Å². The van der Waals surface area contributed by atoms with Crippen molar-refractivity contribution in [3.63, 3.8) is 0 Å². The molecular weight excluding hydrogens is 260 g/mol. The van der Waals surface area contributed by atoms with E-state index in [9.17, 15) is 4.79 Å². The highest BCUT2D eigenvalue weighted by Crippen LogP contribution is 2.22. The lowest BCUT2D eigenvalue weighted by Crippen LogP contribution is -2.45. The molecule has 0 aliphatic carbocycles. The molecule has 1 aliphatic rings. The summed E-state index contributed by atoms with van der Waals surface area (Å²) >= 11 is 0. The van der Waals surface area contributed by atoms with Crippen LogP contribution in [0.1, 0.15) is 49.0 Å². The molecule has 21 heavy (non-hydrogen) atoms. The van der Waals surface area contributed by atoms with E-state index in [-0.39, 0.29) is 5.91 Å². The van der Waals surface area contributed by atoms with Gasteiger partial charge in [-0.3, -0.25) is 4.79 Å². The third kappa shape index (κ3) is 4.85. The first-order valence-electron chi connectivity index (χ1n) is 8.14. The van der Waals surface area contributed by atoms with E-state index in [2.05, 4.69) is 24.5 Å². The lowest BCUT2D eigenvalue weighted by molar-refractivity contribution is 0.0906. The molecule has 0 saturated carbocycles. The summed E-state index contributed by atoms with van der Waals surface area (Å²) in [5.41, 5.74) is 1.95. The van der Waals surface area contributed by atoms with E-state index in [0.717, 1.165) is 37.9 Å². The van der Waals surface area contributed by atoms with E-state index in [4.69, 9.17) is 0 Å². The summed E-state index contributed by atoms with van der Waals surface area (Å²) in [6, 6.07) is 8.12. The van der Waals surface area contributed by atoms with E-state index in [1.54, 1.807) is 0 Å². The van der Waals surface area contributed by atoms with Crippen LogP contribution >= 0.6 is 0 Å². The Morgan fingerprint density at radius 1 is 1.24 bits per heavy atom. The molecule has 3 heteroatoms. The predicted molar refractivity (Wildman–Crippen MR) is 87.5 cm³/mol. The summed E-state index contributed by atoms with van der Waals surface area (Å²) in [6.07, 6.45) is 3.37. The fourth-order valence-electron chi connectivity index (χ4n) is 3.08. The van der Waals surface area contributed by atoms with Crippen LogP contribution in [0.2, 0.25) is 0 Å². The van der Waals surface area contributed by atoms with Crippen molar-refractivity contribution in [2.24, 2.45) is 11.8 Å². The smallest absolute Gasteiger partial charge is 0.251 e. The maximum Gasteiger partial charge on any atom is 0.251 e. The summed E-state index contributed by atoms with van der Waals surface area (Å²) in [5, 5.41) is 6.69. The molecule has 0 bridgehead atoms. The van der Waals surface area contributed by atoms with Gasteiger partial charge in [-0.25, -0.2) is 0 Å². The molecule has 1 aliphatic heterocycles. The van der Waals surface area contributed by atoms with Gasteiger partial charge in [-0.1, -0.05) is 31.5 Å². The Hall–Kier alpha value is -1.35. The molecule has 1 atom stereocenters. The number of rotatable bonds is 5. The SMILES string of the molecule is Cc1ccc(C(=O)N[C@H](CC(C)C)C2CCNCC2)cc1. The van der Waals surface area contributed by atoms with Crippen LogP contribution in [0.5, 0.6) is 0 Å². The average molecular weight is 288 g/mol. The Morgan fingerprint density at radius 3 is 2.43 bits per heavy atom. The number of carbonyl (C=O) groups is 1. The second-order valence-corrected chi connectivity index (χ2v) is 6.66. The fraction of sp³-hybridized carbons (Fsp3) is 0.611. The normalized spacial score (nSPS) is 17.7. The summed E-state index contributed by atoms with van der Waals surface area (Å²) in [4.78, 5) is 12.5. The Labute approximate surface area is 128 Å². The van der Waals surface area contributed by atoms with Gasteiger partial charge in [0.25, 0.3) is 5.91 Å². The van der Waals surface area contributed by atoms with Gasteiger partial charge in [0.15, 0.2) is 0 Å². The maximum absolute atomic E-state index is 12.5. The first-order chi connectivity index (χ1) is 10.1. The van der Waals surface area contributed by atoms with Gasteiger partial charge in [0.1, 0.15) is 0 Å². The van der Waals surface area contributed by atoms with Gasteiger partial charge in [0.05, 0.1) is 0 Å². The highest BCUT2D eigenvalue weighted by molar-refractivity contribution is 5.94. The molecule has 0 radical (unpaired) electrons. The maximum atomic E-state index is 12.5. The number of carbonyl (C=O) groups excluding carboxylic acids is 1.